The van der Waals surface area contributed by atoms with Gasteiger partial charge in [-0.05, 0) is 47.2 Å². The van der Waals surface area contributed by atoms with Crippen molar-refractivity contribution in [1.82, 2.24) is 10.6 Å². The van der Waals surface area contributed by atoms with E-state index in [0.717, 1.165) is 23.1 Å². The zero-order valence-electron chi connectivity index (χ0n) is 19.6. The highest BCUT2D eigenvalue weighted by atomic mass is 19.4. The van der Waals surface area contributed by atoms with Crippen molar-refractivity contribution >= 4 is 11.8 Å². The van der Waals surface area contributed by atoms with Crippen LogP contribution in [0.2, 0.25) is 0 Å². The van der Waals surface area contributed by atoms with E-state index >= 15 is 0 Å². The fourth-order valence-corrected chi connectivity index (χ4v) is 4.48. The standard InChI is InChI=1S/C28H27F3N2O3/c29-28(30,31)36-23-15-11-20(12-16-23)18-33-27(35)25-8-4-7-24(25)26(34)32-17-19-9-13-22(14-10-19)21-5-2-1-3-6-21/h1-3,5-6,9-16,24-25H,4,7-8,17-18H2,(H,32,34)(H,33,35)/t24-,25-/m1/s1. The zero-order valence-corrected chi connectivity index (χ0v) is 19.6. The summed E-state index contributed by atoms with van der Waals surface area (Å²) in [6.45, 7) is 0.537. The lowest BCUT2D eigenvalue weighted by Crippen LogP contribution is -2.39. The zero-order chi connectivity index (χ0) is 25.5. The number of rotatable bonds is 8. The normalized spacial score (nSPS) is 17.4. The molecule has 1 aliphatic carbocycles. The van der Waals surface area contributed by atoms with Crippen LogP contribution in [0.25, 0.3) is 11.1 Å². The summed E-state index contributed by atoms with van der Waals surface area (Å²) < 4.78 is 40.7. The highest BCUT2D eigenvalue weighted by Crippen LogP contribution is 2.32. The van der Waals surface area contributed by atoms with Crippen molar-refractivity contribution in [3.63, 3.8) is 0 Å². The van der Waals surface area contributed by atoms with Crippen molar-refractivity contribution in [3.8, 4) is 16.9 Å². The molecule has 0 spiro atoms. The lowest BCUT2D eigenvalue weighted by molar-refractivity contribution is -0.274. The first-order valence-electron chi connectivity index (χ1n) is 11.8. The van der Waals surface area contributed by atoms with E-state index in [0.29, 0.717) is 24.9 Å². The summed E-state index contributed by atoms with van der Waals surface area (Å²) in [5.74, 6) is -1.53. The molecule has 4 rings (SSSR count). The minimum Gasteiger partial charge on any atom is -0.406 e. The Hall–Kier alpha value is -3.81. The van der Waals surface area contributed by atoms with Gasteiger partial charge in [-0.2, -0.15) is 0 Å². The van der Waals surface area contributed by atoms with Gasteiger partial charge in [-0.3, -0.25) is 9.59 Å². The fourth-order valence-electron chi connectivity index (χ4n) is 4.48. The van der Waals surface area contributed by atoms with Gasteiger partial charge in [-0.1, -0.05) is 73.2 Å². The molecule has 3 aromatic rings. The number of hydrogen-bond acceptors (Lipinski definition) is 3. The molecule has 2 amide bonds. The van der Waals surface area contributed by atoms with Gasteiger partial charge in [-0.25, -0.2) is 0 Å². The van der Waals surface area contributed by atoms with Gasteiger partial charge >= 0.3 is 6.36 Å². The van der Waals surface area contributed by atoms with E-state index in [2.05, 4.69) is 15.4 Å². The maximum Gasteiger partial charge on any atom is 0.573 e. The van der Waals surface area contributed by atoms with Gasteiger partial charge in [0, 0.05) is 24.9 Å². The van der Waals surface area contributed by atoms with Crippen LogP contribution in [0, 0.1) is 11.8 Å². The molecule has 36 heavy (non-hydrogen) atoms. The molecule has 0 saturated heterocycles. The third-order valence-electron chi connectivity index (χ3n) is 6.34. The van der Waals surface area contributed by atoms with E-state index in [1.54, 1.807) is 0 Å². The molecule has 1 fully saturated rings. The summed E-state index contributed by atoms with van der Waals surface area (Å²) in [5.41, 5.74) is 3.83. The number of hydrogen-bond donors (Lipinski definition) is 2. The molecule has 0 aromatic heterocycles. The van der Waals surface area contributed by atoms with E-state index in [9.17, 15) is 22.8 Å². The summed E-state index contributed by atoms with van der Waals surface area (Å²) in [4.78, 5) is 25.6. The number of carbonyl (C=O) groups excluding carboxylic acids is 2. The second-order valence-electron chi connectivity index (χ2n) is 8.83. The molecular formula is C28H27F3N2O3. The molecule has 0 bridgehead atoms. The molecule has 3 aromatic carbocycles. The topological polar surface area (TPSA) is 67.4 Å². The van der Waals surface area contributed by atoms with Crippen LogP contribution in [0.3, 0.4) is 0 Å². The van der Waals surface area contributed by atoms with Gasteiger partial charge in [0.25, 0.3) is 0 Å². The smallest absolute Gasteiger partial charge is 0.406 e. The summed E-state index contributed by atoms with van der Waals surface area (Å²) in [5, 5.41) is 5.77. The minimum absolute atomic E-state index is 0.145. The minimum atomic E-state index is -4.75. The van der Waals surface area contributed by atoms with Crippen LogP contribution in [0.5, 0.6) is 5.75 Å². The number of ether oxygens (including phenoxy) is 1. The molecule has 0 unspecified atom stereocenters. The van der Waals surface area contributed by atoms with Crippen LogP contribution >= 0.6 is 0 Å². The molecule has 0 aliphatic heterocycles. The number of alkyl halides is 3. The van der Waals surface area contributed by atoms with Crippen LogP contribution in [-0.2, 0) is 22.7 Å². The Kier molecular flexibility index (Phi) is 7.93. The molecule has 8 heteroatoms. The SMILES string of the molecule is O=C(NCc1ccc(OC(F)(F)F)cc1)[C@@H]1CCC[C@H]1C(=O)NCc1ccc(-c2ccccc2)cc1. The lowest BCUT2D eigenvalue weighted by Gasteiger charge is -2.19. The quantitative estimate of drug-likeness (QED) is 0.427. The van der Waals surface area contributed by atoms with Crippen LogP contribution < -0.4 is 15.4 Å². The predicted molar refractivity (Wildman–Crippen MR) is 130 cm³/mol. The van der Waals surface area contributed by atoms with E-state index in [4.69, 9.17) is 0 Å². The summed E-state index contributed by atoms with van der Waals surface area (Å²) >= 11 is 0. The first kappa shape index (κ1) is 25.3. The molecule has 0 radical (unpaired) electrons. The molecule has 188 valence electrons. The first-order chi connectivity index (χ1) is 17.3. The van der Waals surface area contributed by atoms with Crippen LogP contribution in [0.4, 0.5) is 13.2 Å². The average molecular weight is 497 g/mol. The Balaban J connectivity index is 1.26. The summed E-state index contributed by atoms with van der Waals surface area (Å²) in [6.07, 6.45) is -2.71. The predicted octanol–water partition coefficient (Wildman–Crippen LogP) is 5.60. The molecule has 1 aliphatic rings. The third-order valence-corrected chi connectivity index (χ3v) is 6.34. The Morgan fingerprint density at radius 3 is 1.69 bits per heavy atom. The maximum atomic E-state index is 12.9. The maximum absolute atomic E-state index is 12.9. The van der Waals surface area contributed by atoms with Gasteiger partial charge in [-0.15, -0.1) is 13.2 Å². The molecule has 0 heterocycles. The van der Waals surface area contributed by atoms with Gasteiger partial charge in [0.05, 0.1) is 0 Å². The Morgan fingerprint density at radius 2 is 1.19 bits per heavy atom. The number of nitrogens with one attached hydrogen (secondary N) is 2. The first-order valence-corrected chi connectivity index (χ1v) is 11.8. The van der Waals surface area contributed by atoms with Gasteiger partial charge < -0.3 is 15.4 Å². The number of halogens is 3. The van der Waals surface area contributed by atoms with Gasteiger partial charge in [0.15, 0.2) is 0 Å². The monoisotopic (exact) mass is 496 g/mol. The Bertz CT molecular complexity index is 1160. The van der Waals surface area contributed by atoms with Crippen LogP contribution in [0.1, 0.15) is 30.4 Å². The molecule has 1 saturated carbocycles. The third kappa shape index (κ3) is 6.87. The van der Waals surface area contributed by atoms with E-state index in [-0.39, 0.29) is 24.1 Å². The Morgan fingerprint density at radius 1 is 0.722 bits per heavy atom. The van der Waals surface area contributed by atoms with Crippen molar-refractivity contribution in [2.75, 3.05) is 0 Å². The number of amides is 2. The fraction of sp³-hybridized carbons (Fsp3) is 0.286. The van der Waals surface area contributed by atoms with Crippen molar-refractivity contribution in [3.05, 3.63) is 90.0 Å². The highest BCUT2D eigenvalue weighted by Gasteiger charge is 2.37. The number of benzene rings is 3. The van der Waals surface area contributed by atoms with Crippen molar-refractivity contribution in [2.45, 2.75) is 38.7 Å². The van der Waals surface area contributed by atoms with Crippen LogP contribution in [-0.4, -0.2) is 18.2 Å². The van der Waals surface area contributed by atoms with Crippen LogP contribution in [0.15, 0.2) is 78.9 Å². The van der Waals surface area contributed by atoms with Gasteiger partial charge in [0.2, 0.25) is 11.8 Å². The highest BCUT2D eigenvalue weighted by molar-refractivity contribution is 5.88. The van der Waals surface area contributed by atoms with Gasteiger partial charge in [0.1, 0.15) is 5.75 Å². The summed E-state index contributed by atoms with van der Waals surface area (Å²) in [6, 6.07) is 23.3. The second kappa shape index (κ2) is 11.3. The van der Waals surface area contributed by atoms with Crippen molar-refractivity contribution in [2.24, 2.45) is 11.8 Å². The largest absolute Gasteiger partial charge is 0.573 e. The Labute approximate surface area is 207 Å². The molecule has 5 nitrogen and oxygen atoms in total. The lowest BCUT2D eigenvalue weighted by atomic mass is 9.94. The molecule has 2 atom stereocenters. The van der Waals surface area contributed by atoms with Crippen molar-refractivity contribution < 1.29 is 27.5 Å². The van der Waals surface area contributed by atoms with E-state index in [1.165, 1.54) is 24.3 Å². The molecular weight excluding hydrogens is 469 g/mol. The van der Waals surface area contributed by atoms with E-state index < -0.39 is 18.2 Å². The van der Waals surface area contributed by atoms with E-state index in [1.807, 2.05) is 54.6 Å². The molecule has 2 N–H and O–H groups in total. The number of carbonyl (C=O) groups is 2. The van der Waals surface area contributed by atoms with Crippen molar-refractivity contribution in [1.29, 1.82) is 0 Å². The summed E-state index contributed by atoms with van der Waals surface area (Å²) in [7, 11) is 0. The average Bonchev–Trinajstić information content (AvgIpc) is 3.37. The second-order valence-corrected chi connectivity index (χ2v) is 8.83.